The Bertz CT molecular complexity index is 413. The van der Waals surface area contributed by atoms with Crippen LogP contribution in [-0.2, 0) is 10.2 Å². The van der Waals surface area contributed by atoms with Crippen LogP contribution in [0.25, 0.3) is 0 Å². The first-order chi connectivity index (χ1) is 10.1. The number of hydrogen-bond acceptors (Lipinski definition) is 3. The maximum atomic E-state index is 12.9. The van der Waals surface area contributed by atoms with Gasteiger partial charge in [-0.15, -0.1) is 0 Å². The molecule has 2 fully saturated rings. The molecule has 0 aromatic carbocycles. The smallest absolute Gasteiger partial charge is 0.281 e. The molecule has 0 saturated carbocycles. The van der Waals surface area contributed by atoms with Crippen molar-refractivity contribution in [3.05, 3.63) is 0 Å². The third kappa shape index (κ3) is 4.41. The molecule has 2 aliphatic rings. The highest BCUT2D eigenvalue weighted by Crippen LogP contribution is 2.26. The molecule has 124 valence electrons. The number of hydrogen-bond donors (Lipinski definition) is 1. The highest BCUT2D eigenvalue weighted by molar-refractivity contribution is 7.86. The molecule has 1 N–H and O–H groups in total. The average Bonchev–Trinajstić information content (AvgIpc) is 2.53. The van der Waals surface area contributed by atoms with E-state index in [0.29, 0.717) is 38.0 Å². The predicted molar refractivity (Wildman–Crippen MR) is 86.3 cm³/mol. The van der Waals surface area contributed by atoms with Gasteiger partial charge in [-0.25, -0.2) is 0 Å². The van der Waals surface area contributed by atoms with Crippen molar-refractivity contribution in [2.45, 2.75) is 46.0 Å². The lowest BCUT2D eigenvalue weighted by Gasteiger charge is -2.38. The van der Waals surface area contributed by atoms with Crippen LogP contribution in [0.5, 0.6) is 0 Å². The summed E-state index contributed by atoms with van der Waals surface area (Å²) in [6.45, 7) is 8.93. The first kappa shape index (κ1) is 17.2. The second-order valence-corrected chi connectivity index (χ2v) is 8.38. The highest BCUT2D eigenvalue weighted by Gasteiger charge is 2.35. The normalized spacial score (nSPS) is 29.6. The Balaban J connectivity index is 1.97. The van der Waals surface area contributed by atoms with Crippen molar-refractivity contribution in [1.82, 2.24) is 13.9 Å². The van der Waals surface area contributed by atoms with Crippen molar-refractivity contribution in [3.8, 4) is 0 Å². The predicted octanol–water partition coefficient (Wildman–Crippen LogP) is 1.67. The van der Waals surface area contributed by atoms with Gasteiger partial charge in [0, 0.05) is 26.2 Å². The summed E-state index contributed by atoms with van der Waals surface area (Å²) in [5.74, 6) is 0.996. The Hall–Kier alpha value is -0.170. The van der Waals surface area contributed by atoms with E-state index in [9.17, 15) is 8.42 Å². The molecule has 0 spiro atoms. The van der Waals surface area contributed by atoms with E-state index in [1.807, 2.05) is 0 Å². The zero-order chi connectivity index (χ0) is 15.3. The zero-order valence-electron chi connectivity index (χ0n) is 13.6. The minimum Gasteiger partial charge on any atom is -0.317 e. The van der Waals surface area contributed by atoms with Gasteiger partial charge in [-0.05, 0) is 50.6 Å². The fourth-order valence-corrected chi connectivity index (χ4v) is 5.33. The summed E-state index contributed by atoms with van der Waals surface area (Å²) in [6.07, 6.45) is 5.38. The summed E-state index contributed by atoms with van der Waals surface area (Å²) in [5, 5.41) is 3.35. The maximum absolute atomic E-state index is 12.9. The van der Waals surface area contributed by atoms with Gasteiger partial charge in [0.2, 0.25) is 0 Å². The number of nitrogens with zero attached hydrogens (tertiary/aromatic N) is 2. The van der Waals surface area contributed by atoms with E-state index in [1.54, 1.807) is 8.61 Å². The Morgan fingerprint density at radius 2 is 1.57 bits per heavy atom. The maximum Gasteiger partial charge on any atom is 0.281 e. The lowest BCUT2D eigenvalue weighted by atomic mass is 9.97. The minimum absolute atomic E-state index is 0.459. The van der Waals surface area contributed by atoms with Crippen LogP contribution < -0.4 is 5.32 Å². The molecule has 0 radical (unpaired) electrons. The van der Waals surface area contributed by atoms with E-state index in [2.05, 4.69) is 19.2 Å². The van der Waals surface area contributed by atoms with Gasteiger partial charge in [0.05, 0.1) is 0 Å². The third-order valence-corrected chi connectivity index (χ3v) is 6.84. The molecule has 0 bridgehead atoms. The second-order valence-electron chi connectivity index (χ2n) is 6.46. The lowest BCUT2D eigenvalue weighted by Crippen LogP contribution is -2.51. The van der Waals surface area contributed by atoms with Gasteiger partial charge in [-0.2, -0.15) is 17.0 Å². The Morgan fingerprint density at radius 3 is 2.14 bits per heavy atom. The molecule has 0 aliphatic carbocycles. The van der Waals surface area contributed by atoms with Crippen molar-refractivity contribution in [3.63, 3.8) is 0 Å². The van der Waals surface area contributed by atoms with Gasteiger partial charge < -0.3 is 5.32 Å². The van der Waals surface area contributed by atoms with Crippen LogP contribution in [-0.4, -0.2) is 56.3 Å². The molecular formula is C15H31N3O2S. The summed E-state index contributed by atoms with van der Waals surface area (Å²) in [6, 6.07) is 0. The van der Waals surface area contributed by atoms with E-state index in [1.165, 1.54) is 6.42 Å². The van der Waals surface area contributed by atoms with E-state index in [4.69, 9.17) is 0 Å². The first-order valence-electron chi connectivity index (χ1n) is 8.53. The van der Waals surface area contributed by atoms with Gasteiger partial charge in [-0.3, -0.25) is 0 Å². The molecule has 2 atom stereocenters. The summed E-state index contributed by atoms with van der Waals surface area (Å²) in [7, 11) is -3.25. The molecule has 2 saturated heterocycles. The van der Waals surface area contributed by atoms with Crippen LogP contribution in [0.3, 0.4) is 0 Å². The Kier molecular flexibility index (Phi) is 6.47. The molecule has 5 nitrogen and oxygen atoms in total. The van der Waals surface area contributed by atoms with Crippen LogP contribution in [0.15, 0.2) is 0 Å². The first-order valence-corrected chi connectivity index (χ1v) is 9.93. The van der Waals surface area contributed by atoms with Crippen LogP contribution in [0, 0.1) is 11.8 Å². The molecule has 0 aromatic rings. The van der Waals surface area contributed by atoms with E-state index in [0.717, 1.165) is 38.8 Å². The quantitative estimate of drug-likeness (QED) is 0.811. The monoisotopic (exact) mass is 317 g/mol. The number of nitrogens with one attached hydrogen (secondary N) is 1. The molecule has 0 aromatic heterocycles. The standard InChI is InChI=1S/C15H31N3O2S/c1-3-14-7-5-9-17(12-14)21(19,20)18-10-6-8-15(13-18)11-16-4-2/h14-16H,3-13H2,1-2H3. The molecule has 0 amide bonds. The summed E-state index contributed by atoms with van der Waals surface area (Å²) < 4.78 is 29.2. The second kappa shape index (κ2) is 7.90. The lowest BCUT2D eigenvalue weighted by molar-refractivity contribution is 0.214. The molecule has 6 heteroatoms. The van der Waals surface area contributed by atoms with Crippen LogP contribution in [0.1, 0.15) is 46.0 Å². The van der Waals surface area contributed by atoms with Crippen molar-refractivity contribution < 1.29 is 8.42 Å². The van der Waals surface area contributed by atoms with E-state index < -0.39 is 10.2 Å². The Labute approximate surface area is 130 Å². The largest absolute Gasteiger partial charge is 0.317 e. The SMILES string of the molecule is CCNCC1CCCN(S(=O)(=O)N2CCCC(CC)C2)C1. The number of rotatable bonds is 6. The third-order valence-electron chi connectivity index (χ3n) is 4.88. The average molecular weight is 317 g/mol. The van der Waals surface area contributed by atoms with Gasteiger partial charge >= 0.3 is 0 Å². The topological polar surface area (TPSA) is 52.7 Å². The Morgan fingerprint density at radius 1 is 1.00 bits per heavy atom. The van der Waals surface area contributed by atoms with Gasteiger partial charge in [0.15, 0.2) is 0 Å². The zero-order valence-corrected chi connectivity index (χ0v) is 14.4. The summed E-state index contributed by atoms with van der Waals surface area (Å²) in [4.78, 5) is 0. The van der Waals surface area contributed by atoms with Gasteiger partial charge in [-0.1, -0.05) is 20.3 Å². The van der Waals surface area contributed by atoms with Crippen molar-refractivity contribution in [2.24, 2.45) is 11.8 Å². The van der Waals surface area contributed by atoms with Gasteiger partial charge in [0.1, 0.15) is 0 Å². The molecule has 2 heterocycles. The van der Waals surface area contributed by atoms with Gasteiger partial charge in [0.25, 0.3) is 10.2 Å². The summed E-state index contributed by atoms with van der Waals surface area (Å²) in [5.41, 5.74) is 0. The van der Waals surface area contributed by atoms with Crippen LogP contribution in [0.2, 0.25) is 0 Å². The molecular weight excluding hydrogens is 286 g/mol. The van der Waals surface area contributed by atoms with E-state index in [-0.39, 0.29) is 0 Å². The molecule has 2 aliphatic heterocycles. The summed E-state index contributed by atoms with van der Waals surface area (Å²) >= 11 is 0. The number of piperidine rings is 2. The van der Waals surface area contributed by atoms with Crippen LogP contribution >= 0.6 is 0 Å². The fourth-order valence-electron chi connectivity index (χ4n) is 3.48. The fraction of sp³-hybridized carbons (Fsp3) is 1.00. The van der Waals surface area contributed by atoms with Crippen LogP contribution in [0.4, 0.5) is 0 Å². The minimum atomic E-state index is -3.25. The van der Waals surface area contributed by atoms with Crippen molar-refractivity contribution >= 4 is 10.2 Å². The molecule has 2 unspecified atom stereocenters. The van der Waals surface area contributed by atoms with Crippen molar-refractivity contribution in [2.75, 3.05) is 39.3 Å². The molecule has 21 heavy (non-hydrogen) atoms. The van der Waals surface area contributed by atoms with Crippen molar-refractivity contribution in [1.29, 1.82) is 0 Å². The van der Waals surface area contributed by atoms with E-state index >= 15 is 0 Å². The highest BCUT2D eigenvalue weighted by atomic mass is 32.2. The molecule has 2 rings (SSSR count).